The van der Waals surface area contributed by atoms with E-state index in [1.807, 2.05) is 0 Å². The summed E-state index contributed by atoms with van der Waals surface area (Å²) in [5.74, 6) is -0.891. The van der Waals surface area contributed by atoms with Crippen LogP contribution in [-0.4, -0.2) is 61.8 Å². The normalized spacial score (nSPS) is 19.8. The van der Waals surface area contributed by atoms with E-state index in [0.29, 0.717) is 49.0 Å². The summed E-state index contributed by atoms with van der Waals surface area (Å²) in [6, 6.07) is 2.80. The van der Waals surface area contributed by atoms with Crippen LogP contribution in [0, 0.1) is 0 Å². The van der Waals surface area contributed by atoms with E-state index >= 15 is 0 Å². The molecule has 1 fully saturated rings. The number of hydrogen-bond donors (Lipinski definition) is 1. The maximum Gasteiger partial charge on any atom is 0.341 e. The van der Waals surface area contributed by atoms with Crippen molar-refractivity contribution in [2.75, 3.05) is 25.5 Å². The second kappa shape index (κ2) is 9.22. The first-order valence-corrected chi connectivity index (χ1v) is 13.7. The van der Waals surface area contributed by atoms with Crippen molar-refractivity contribution in [3.63, 3.8) is 0 Å². The van der Waals surface area contributed by atoms with Gasteiger partial charge in [0.25, 0.3) is 10.0 Å². The Bertz CT molecular complexity index is 1110. The monoisotopic (exact) mass is 497 g/mol. The number of methoxy groups -OCH3 is 1. The van der Waals surface area contributed by atoms with Crippen molar-refractivity contribution in [3.8, 4) is 0 Å². The predicted molar refractivity (Wildman–Crippen MR) is 125 cm³/mol. The lowest BCUT2D eigenvalue weighted by Gasteiger charge is -2.30. The first-order valence-electron chi connectivity index (χ1n) is 10.6. The Morgan fingerprint density at radius 2 is 2.06 bits per heavy atom. The molecule has 8 nitrogen and oxygen atoms in total. The number of ether oxygens (including phenoxy) is 1. The van der Waals surface area contributed by atoms with Crippen LogP contribution < -0.4 is 5.32 Å². The highest BCUT2D eigenvalue weighted by atomic mass is 32.2. The average molecular weight is 498 g/mol. The van der Waals surface area contributed by atoms with E-state index in [2.05, 4.69) is 24.1 Å². The van der Waals surface area contributed by atoms with Crippen molar-refractivity contribution in [2.45, 2.75) is 55.9 Å². The molecule has 0 spiro atoms. The molecule has 174 valence electrons. The zero-order valence-electron chi connectivity index (χ0n) is 18.3. The highest BCUT2D eigenvalue weighted by Gasteiger charge is 2.41. The number of esters is 1. The molecular formula is C21H27N3O5S3. The molecule has 4 heterocycles. The van der Waals surface area contributed by atoms with E-state index in [9.17, 15) is 18.0 Å². The minimum absolute atomic E-state index is 0.229. The summed E-state index contributed by atoms with van der Waals surface area (Å²) in [6.07, 6.45) is 1.75. The van der Waals surface area contributed by atoms with Crippen LogP contribution in [0.3, 0.4) is 0 Å². The molecule has 1 atom stereocenters. The SMILES string of the molecule is COC(=O)c1c(NC(=O)C2CCCN2S(=O)(=O)c2cccs2)sc2c1CCN(C(C)C)C2. The van der Waals surface area contributed by atoms with Crippen molar-refractivity contribution < 1.29 is 22.7 Å². The summed E-state index contributed by atoms with van der Waals surface area (Å²) in [4.78, 5) is 29.2. The van der Waals surface area contributed by atoms with Crippen molar-refractivity contribution in [1.29, 1.82) is 0 Å². The van der Waals surface area contributed by atoms with E-state index < -0.39 is 27.9 Å². The Morgan fingerprint density at radius 1 is 1.28 bits per heavy atom. The van der Waals surface area contributed by atoms with Crippen LogP contribution in [0.25, 0.3) is 0 Å². The Balaban J connectivity index is 1.61. The Morgan fingerprint density at radius 3 is 2.72 bits per heavy atom. The van der Waals surface area contributed by atoms with Crippen LogP contribution in [0.15, 0.2) is 21.7 Å². The molecule has 4 rings (SSSR count). The minimum Gasteiger partial charge on any atom is -0.465 e. The fourth-order valence-corrected chi connectivity index (χ4v) is 8.32. The first-order chi connectivity index (χ1) is 15.2. The van der Waals surface area contributed by atoms with Gasteiger partial charge in [0.15, 0.2) is 0 Å². The van der Waals surface area contributed by atoms with Crippen molar-refractivity contribution in [3.05, 3.63) is 33.5 Å². The van der Waals surface area contributed by atoms with E-state index in [1.165, 1.54) is 22.8 Å². The van der Waals surface area contributed by atoms with Crippen LogP contribution in [0.4, 0.5) is 5.00 Å². The van der Waals surface area contributed by atoms with E-state index in [1.54, 1.807) is 17.5 Å². The van der Waals surface area contributed by atoms with Crippen molar-refractivity contribution in [1.82, 2.24) is 9.21 Å². The zero-order chi connectivity index (χ0) is 23.0. The summed E-state index contributed by atoms with van der Waals surface area (Å²) >= 11 is 2.52. The second-order valence-corrected chi connectivity index (χ2v) is 12.4. The number of amides is 1. The molecular weight excluding hydrogens is 470 g/mol. The summed E-state index contributed by atoms with van der Waals surface area (Å²) < 4.78 is 32.6. The average Bonchev–Trinajstić information content (AvgIpc) is 3.52. The van der Waals surface area contributed by atoms with Gasteiger partial charge in [-0.2, -0.15) is 4.31 Å². The molecule has 0 radical (unpaired) electrons. The maximum absolute atomic E-state index is 13.2. The molecule has 11 heteroatoms. The van der Waals surface area contributed by atoms with Gasteiger partial charge in [-0.3, -0.25) is 9.69 Å². The largest absolute Gasteiger partial charge is 0.465 e. The van der Waals surface area contributed by atoms with Gasteiger partial charge in [0, 0.05) is 30.6 Å². The predicted octanol–water partition coefficient (Wildman–Crippen LogP) is 3.15. The molecule has 2 aliphatic heterocycles. The van der Waals surface area contributed by atoms with Gasteiger partial charge in [-0.25, -0.2) is 13.2 Å². The lowest BCUT2D eigenvalue weighted by molar-refractivity contribution is -0.119. The first kappa shape index (κ1) is 23.4. The van der Waals surface area contributed by atoms with Crippen LogP contribution in [0.5, 0.6) is 0 Å². The second-order valence-electron chi connectivity index (χ2n) is 8.21. The van der Waals surface area contributed by atoms with Crippen LogP contribution in [-0.2, 0) is 32.5 Å². The third kappa shape index (κ3) is 4.24. The van der Waals surface area contributed by atoms with Crippen molar-refractivity contribution in [2.24, 2.45) is 0 Å². The minimum atomic E-state index is -3.74. The van der Waals surface area contributed by atoms with Gasteiger partial charge in [0.1, 0.15) is 15.3 Å². The van der Waals surface area contributed by atoms with Crippen LogP contribution >= 0.6 is 22.7 Å². The quantitative estimate of drug-likeness (QED) is 0.616. The number of fused-ring (bicyclic) bond motifs is 1. The van der Waals surface area contributed by atoms with Crippen LogP contribution in [0.1, 0.15) is 47.5 Å². The topological polar surface area (TPSA) is 96.0 Å². The van der Waals surface area contributed by atoms with E-state index in [4.69, 9.17) is 4.74 Å². The van der Waals surface area contributed by atoms with Gasteiger partial charge in [-0.15, -0.1) is 22.7 Å². The standard InChI is InChI=1S/C21H27N3O5S3/c1-13(2)23-10-8-14-16(12-23)31-20(18(14)21(26)29-3)22-19(25)15-6-4-9-24(15)32(27,28)17-7-5-11-30-17/h5,7,11,13,15H,4,6,8-10,12H2,1-3H3,(H,22,25). The molecule has 2 aromatic heterocycles. The molecule has 0 bridgehead atoms. The third-order valence-electron chi connectivity index (χ3n) is 6.01. The molecule has 0 aromatic carbocycles. The number of anilines is 1. The fraction of sp³-hybridized carbons (Fsp3) is 0.524. The van der Waals surface area contributed by atoms with Gasteiger partial charge in [-0.05, 0) is 50.1 Å². The van der Waals surface area contributed by atoms with Gasteiger partial charge in [-0.1, -0.05) is 6.07 Å². The number of hydrogen-bond acceptors (Lipinski definition) is 8. The molecule has 1 N–H and O–H groups in total. The highest BCUT2D eigenvalue weighted by molar-refractivity contribution is 7.91. The van der Waals surface area contributed by atoms with Crippen molar-refractivity contribution >= 4 is 49.6 Å². The van der Waals surface area contributed by atoms with Gasteiger partial charge >= 0.3 is 5.97 Å². The van der Waals surface area contributed by atoms with Gasteiger partial charge < -0.3 is 10.1 Å². The van der Waals surface area contributed by atoms with Gasteiger partial charge in [0.2, 0.25) is 5.91 Å². The molecule has 1 amide bonds. The maximum atomic E-state index is 13.2. The molecule has 32 heavy (non-hydrogen) atoms. The summed E-state index contributed by atoms with van der Waals surface area (Å²) in [6.45, 7) is 6.09. The Hall–Kier alpha value is -1.79. The van der Waals surface area contributed by atoms with E-state index in [0.717, 1.165) is 28.3 Å². The molecule has 0 aliphatic carbocycles. The number of rotatable bonds is 6. The Labute approximate surface area is 196 Å². The smallest absolute Gasteiger partial charge is 0.341 e. The highest BCUT2D eigenvalue weighted by Crippen LogP contribution is 2.39. The number of carbonyl (C=O) groups excluding carboxylic acids is 2. The Kier molecular flexibility index (Phi) is 6.73. The van der Waals surface area contributed by atoms with Gasteiger partial charge in [0.05, 0.1) is 12.7 Å². The summed E-state index contributed by atoms with van der Waals surface area (Å²) in [7, 11) is -2.41. The lowest BCUT2D eigenvalue weighted by atomic mass is 10.0. The number of nitrogens with zero attached hydrogens (tertiary/aromatic N) is 2. The molecule has 2 aromatic rings. The summed E-state index contributed by atoms with van der Waals surface area (Å²) in [5.41, 5.74) is 1.32. The summed E-state index contributed by atoms with van der Waals surface area (Å²) in [5, 5.41) is 5.02. The number of nitrogens with one attached hydrogen (secondary N) is 1. The molecule has 1 unspecified atom stereocenters. The number of thiophene rings is 2. The third-order valence-corrected chi connectivity index (χ3v) is 10.4. The lowest BCUT2D eigenvalue weighted by Crippen LogP contribution is -2.42. The molecule has 0 saturated carbocycles. The van der Waals surface area contributed by atoms with Crippen LogP contribution in [0.2, 0.25) is 0 Å². The number of carbonyl (C=O) groups is 2. The molecule has 1 saturated heterocycles. The zero-order valence-corrected chi connectivity index (χ0v) is 20.7. The number of sulfonamides is 1. The fourth-order valence-electron chi connectivity index (χ4n) is 4.28. The molecule has 2 aliphatic rings. The van der Waals surface area contributed by atoms with E-state index in [-0.39, 0.29) is 4.21 Å².